The Labute approximate surface area is 111 Å². The average Bonchev–Trinajstić information content (AvgIpc) is 2.87. The fourth-order valence-electron chi connectivity index (χ4n) is 2.71. The van der Waals surface area contributed by atoms with Gasteiger partial charge in [0.1, 0.15) is 0 Å². The van der Waals surface area contributed by atoms with Gasteiger partial charge in [0.2, 0.25) is 0 Å². The van der Waals surface area contributed by atoms with Gasteiger partial charge in [-0.1, -0.05) is 12.1 Å². The first kappa shape index (κ1) is 13.6. The second-order valence-corrected chi connectivity index (χ2v) is 5.55. The van der Waals surface area contributed by atoms with E-state index in [1.54, 1.807) is 0 Å². The van der Waals surface area contributed by atoms with E-state index in [0.29, 0.717) is 0 Å². The lowest BCUT2D eigenvalue weighted by molar-refractivity contribution is 0.523. The van der Waals surface area contributed by atoms with E-state index in [0.717, 1.165) is 19.1 Å². The van der Waals surface area contributed by atoms with Gasteiger partial charge in [-0.25, -0.2) is 0 Å². The molecule has 1 heterocycles. The molecular formula is C16H26N2. The van der Waals surface area contributed by atoms with Crippen LogP contribution in [0.2, 0.25) is 0 Å². The van der Waals surface area contributed by atoms with Crippen LogP contribution in [0.3, 0.4) is 0 Å². The summed E-state index contributed by atoms with van der Waals surface area (Å²) in [6.45, 7) is 9.96. The summed E-state index contributed by atoms with van der Waals surface area (Å²) >= 11 is 0. The molecule has 0 saturated carbocycles. The second kappa shape index (κ2) is 6.35. The van der Waals surface area contributed by atoms with Crippen molar-refractivity contribution < 1.29 is 0 Å². The Bertz CT molecular complexity index is 392. The summed E-state index contributed by atoms with van der Waals surface area (Å²) in [5.74, 6) is 0. The lowest BCUT2D eigenvalue weighted by atomic mass is 9.99. The first-order valence-electron chi connectivity index (χ1n) is 7.18. The second-order valence-electron chi connectivity index (χ2n) is 5.55. The third-order valence-corrected chi connectivity index (χ3v) is 4.32. The van der Waals surface area contributed by atoms with E-state index in [1.807, 2.05) is 0 Å². The van der Waals surface area contributed by atoms with Crippen molar-refractivity contribution in [3.05, 3.63) is 34.4 Å². The lowest BCUT2D eigenvalue weighted by Gasteiger charge is -2.14. The summed E-state index contributed by atoms with van der Waals surface area (Å²) in [6.07, 6.45) is 3.95. The van der Waals surface area contributed by atoms with Crippen LogP contribution >= 0.6 is 0 Å². The van der Waals surface area contributed by atoms with E-state index in [4.69, 9.17) is 0 Å². The number of nitrogens with one attached hydrogen (secondary N) is 2. The van der Waals surface area contributed by atoms with Crippen molar-refractivity contribution in [3.8, 4) is 0 Å². The lowest BCUT2D eigenvalue weighted by Crippen LogP contribution is -2.27. The Hall–Kier alpha value is -0.860. The Morgan fingerprint density at radius 2 is 2.06 bits per heavy atom. The topological polar surface area (TPSA) is 24.1 Å². The van der Waals surface area contributed by atoms with Crippen molar-refractivity contribution in [2.24, 2.45) is 0 Å². The largest absolute Gasteiger partial charge is 0.314 e. The van der Waals surface area contributed by atoms with E-state index in [2.05, 4.69) is 43.5 Å². The number of rotatable bonds is 5. The van der Waals surface area contributed by atoms with E-state index in [1.165, 1.54) is 48.1 Å². The van der Waals surface area contributed by atoms with Gasteiger partial charge in [0.15, 0.2) is 0 Å². The van der Waals surface area contributed by atoms with Crippen LogP contribution in [-0.2, 0) is 6.54 Å². The molecular weight excluding hydrogens is 220 g/mol. The standard InChI is InChI=1S/C16H26N2/c1-12-6-7-15(14(3)13(12)2)11-17-10-8-16-5-4-9-18-16/h6-7,16-18H,4-5,8-11H2,1-3H3. The number of aryl methyl sites for hydroxylation is 1. The van der Waals surface area contributed by atoms with E-state index in [9.17, 15) is 0 Å². The molecule has 1 aliphatic rings. The molecule has 100 valence electrons. The first-order chi connectivity index (χ1) is 8.68. The maximum atomic E-state index is 3.58. The Morgan fingerprint density at radius 1 is 1.22 bits per heavy atom. The molecule has 2 rings (SSSR count). The average molecular weight is 246 g/mol. The molecule has 1 aromatic rings. The summed E-state index contributed by atoms with van der Waals surface area (Å²) in [7, 11) is 0. The highest BCUT2D eigenvalue weighted by Gasteiger charge is 2.12. The van der Waals surface area contributed by atoms with Gasteiger partial charge in [0.25, 0.3) is 0 Å². The van der Waals surface area contributed by atoms with Crippen LogP contribution in [0.15, 0.2) is 12.1 Å². The van der Waals surface area contributed by atoms with Gasteiger partial charge < -0.3 is 10.6 Å². The Kier molecular flexibility index (Phi) is 4.79. The molecule has 1 unspecified atom stereocenters. The maximum absolute atomic E-state index is 3.58. The van der Waals surface area contributed by atoms with Gasteiger partial charge >= 0.3 is 0 Å². The van der Waals surface area contributed by atoms with E-state index < -0.39 is 0 Å². The van der Waals surface area contributed by atoms with Gasteiger partial charge in [-0.2, -0.15) is 0 Å². The number of hydrogen-bond acceptors (Lipinski definition) is 2. The minimum Gasteiger partial charge on any atom is -0.314 e. The van der Waals surface area contributed by atoms with E-state index in [-0.39, 0.29) is 0 Å². The highest BCUT2D eigenvalue weighted by Crippen LogP contribution is 2.17. The normalized spacial score (nSPS) is 19.4. The molecule has 1 saturated heterocycles. The van der Waals surface area contributed by atoms with Crippen molar-refractivity contribution in [2.45, 2.75) is 52.6 Å². The fraction of sp³-hybridized carbons (Fsp3) is 0.625. The molecule has 0 radical (unpaired) electrons. The summed E-state index contributed by atoms with van der Waals surface area (Å²) in [5.41, 5.74) is 5.72. The third kappa shape index (κ3) is 3.33. The fourth-order valence-corrected chi connectivity index (χ4v) is 2.71. The molecule has 2 N–H and O–H groups in total. The van der Waals surface area contributed by atoms with Gasteiger partial charge in [-0.15, -0.1) is 0 Å². The van der Waals surface area contributed by atoms with Crippen LogP contribution in [0.5, 0.6) is 0 Å². The molecule has 0 aliphatic carbocycles. The smallest absolute Gasteiger partial charge is 0.0208 e. The van der Waals surface area contributed by atoms with Crippen molar-refractivity contribution in [1.29, 1.82) is 0 Å². The number of benzene rings is 1. The third-order valence-electron chi connectivity index (χ3n) is 4.32. The minimum atomic E-state index is 0.748. The molecule has 0 bridgehead atoms. The molecule has 0 spiro atoms. The van der Waals surface area contributed by atoms with Gasteiger partial charge in [0.05, 0.1) is 0 Å². The molecule has 2 heteroatoms. The zero-order valence-corrected chi connectivity index (χ0v) is 12.0. The monoisotopic (exact) mass is 246 g/mol. The van der Waals surface area contributed by atoms with Crippen molar-refractivity contribution in [2.75, 3.05) is 13.1 Å². The molecule has 1 aromatic carbocycles. The SMILES string of the molecule is Cc1ccc(CNCCC2CCCN2)c(C)c1C. The zero-order valence-electron chi connectivity index (χ0n) is 12.0. The van der Waals surface area contributed by atoms with Crippen LogP contribution in [0.4, 0.5) is 0 Å². The highest BCUT2D eigenvalue weighted by atomic mass is 14.9. The Balaban J connectivity index is 1.77. The highest BCUT2D eigenvalue weighted by molar-refractivity contribution is 5.38. The summed E-state index contributed by atoms with van der Waals surface area (Å²) in [6, 6.07) is 5.24. The molecule has 18 heavy (non-hydrogen) atoms. The van der Waals surface area contributed by atoms with Crippen LogP contribution < -0.4 is 10.6 Å². The van der Waals surface area contributed by atoms with Crippen molar-refractivity contribution in [1.82, 2.24) is 10.6 Å². The number of hydrogen-bond donors (Lipinski definition) is 2. The molecule has 0 aromatic heterocycles. The van der Waals surface area contributed by atoms with Gasteiger partial charge in [-0.3, -0.25) is 0 Å². The molecule has 1 aliphatic heterocycles. The van der Waals surface area contributed by atoms with Crippen LogP contribution in [0.25, 0.3) is 0 Å². The van der Waals surface area contributed by atoms with Gasteiger partial charge in [0, 0.05) is 12.6 Å². The zero-order chi connectivity index (χ0) is 13.0. The quantitative estimate of drug-likeness (QED) is 0.781. The van der Waals surface area contributed by atoms with Crippen LogP contribution in [0.1, 0.15) is 41.5 Å². The predicted octanol–water partition coefficient (Wildman–Crippen LogP) is 2.84. The van der Waals surface area contributed by atoms with Crippen molar-refractivity contribution >= 4 is 0 Å². The van der Waals surface area contributed by atoms with Gasteiger partial charge in [-0.05, 0) is 75.4 Å². The van der Waals surface area contributed by atoms with Crippen molar-refractivity contribution in [3.63, 3.8) is 0 Å². The van der Waals surface area contributed by atoms with Crippen LogP contribution in [0, 0.1) is 20.8 Å². The predicted molar refractivity (Wildman–Crippen MR) is 78.0 cm³/mol. The molecule has 1 atom stereocenters. The minimum absolute atomic E-state index is 0.748. The molecule has 0 amide bonds. The summed E-state index contributed by atoms with van der Waals surface area (Å²) < 4.78 is 0. The Morgan fingerprint density at radius 3 is 2.78 bits per heavy atom. The first-order valence-corrected chi connectivity index (χ1v) is 7.18. The summed E-state index contributed by atoms with van der Waals surface area (Å²) in [5, 5.41) is 7.12. The maximum Gasteiger partial charge on any atom is 0.0208 e. The van der Waals surface area contributed by atoms with Crippen LogP contribution in [-0.4, -0.2) is 19.1 Å². The molecule has 2 nitrogen and oxygen atoms in total. The van der Waals surface area contributed by atoms with E-state index >= 15 is 0 Å². The summed E-state index contributed by atoms with van der Waals surface area (Å²) in [4.78, 5) is 0. The molecule has 1 fully saturated rings.